The number of nitrogens with one attached hydrogen (secondary N) is 1. The average molecular weight is 278 g/mol. The number of anilines is 1. The van der Waals surface area contributed by atoms with E-state index in [1.54, 1.807) is 6.92 Å². The Hall–Kier alpha value is -2.35. The lowest BCUT2D eigenvalue weighted by atomic mass is 10.4. The van der Waals surface area contributed by atoms with E-state index in [9.17, 15) is 9.59 Å². The SMILES string of the molecule is CCOC(=O)c1nc(C(=O)Nc2cncnc2)cs1. The molecule has 8 heteroatoms. The van der Waals surface area contributed by atoms with Crippen molar-refractivity contribution in [2.45, 2.75) is 6.92 Å². The summed E-state index contributed by atoms with van der Waals surface area (Å²) in [6.07, 6.45) is 4.28. The molecule has 0 atom stereocenters. The maximum absolute atomic E-state index is 11.8. The van der Waals surface area contributed by atoms with Crippen molar-refractivity contribution < 1.29 is 14.3 Å². The zero-order chi connectivity index (χ0) is 13.7. The maximum Gasteiger partial charge on any atom is 0.367 e. The molecule has 1 N–H and O–H groups in total. The molecule has 0 aromatic carbocycles. The standard InChI is InChI=1S/C11H10N4O3S/c1-2-18-11(17)10-15-8(5-19-10)9(16)14-7-3-12-6-13-4-7/h3-6H,2H2,1H3,(H,14,16). The Morgan fingerprint density at radius 3 is 2.79 bits per heavy atom. The fourth-order valence-electron chi connectivity index (χ4n) is 1.22. The highest BCUT2D eigenvalue weighted by atomic mass is 32.1. The molecule has 0 aliphatic heterocycles. The van der Waals surface area contributed by atoms with E-state index >= 15 is 0 Å². The first kappa shape index (κ1) is 13.1. The van der Waals surface area contributed by atoms with Gasteiger partial charge in [0.15, 0.2) is 0 Å². The van der Waals surface area contributed by atoms with Crippen LogP contribution in [0.15, 0.2) is 24.1 Å². The summed E-state index contributed by atoms with van der Waals surface area (Å²) in [4.78, 5) is 34.7. The minimum atomic E-state index is -0.533. The van der Waals surface area contributed by atoms with Crippen LogP contribution in [0.5, 0.6) is 0 Å². The summed E-state index contributed by atoms with van der Waals surface area (Å²) < 4.78 is 4.80. The number of amides is 1. The summed E-state index contributed by atoms with van der Waals surface area (Å²) >= 11 is 1.06. The van der Waals surface area contributed by atoms with E-state index in [0.29, 0.717) is 5.69 Å². The summed E-state index contributed by atoms with van der Waals surface area (Å²) in [5.74, 6) is -0.962. The first-order valence-electron chi connectivity index (χ1n) is 5.39. The van der Waals surface area contributed by atoms with Gasteiger partial charge in [-0.15, -0.1) is 11.3 Å². The van der Waals surface area contributed by atoms with E-state index in [2.05, 4.69) is 20.3 Å². The van der Waals surface area contributed by atoms with Gasteiger partial charge in [-0.25, -0.2) is 19.7 Å². The van der Waals surface area contributed by atoms with Gasteiger partial charge in [-0.1, -0.05) is 0 Å². The third kappa shape index (κ3) is 3.32. The van der Waals surface area contributed by atoms with Gasteiger partial charge >= 0.3 is 5.97 Å². The Morgan fingerprint density at radius 2 is 2.11 bits per heavy atom. The number of aromatic nitrogens is 3. The van der Waals surface area contributed by atoms with E-state index in [0.717, 1.165) is 11.3 Å². The van der Waals surface area contributed by atoms with Crippen molar-refractivity contribution in [1.29, 1.82) is 0 Å². The van der Waals surface area contributed by atoms with Crippen molar-refractivity contribution in [1.82, 2.24) is 15.0 Å². The smallest absolute Gasteiger partial charge is 0.367 e. The fraction of sp³-hybridized carbons (Fsp3) is 0.182. The van der Waals surface area contributed by atoms with Crippen LogP contribution in [0.4, 0.5) is 5.69 Å². The average Bonchev–Trinajstić information content (AvgIpc) is 2.90. The molecule has 2 rings (SSSR count). The van der Waals surface area contributed by atoms with Gasteiger partial charge in [-0.2, -0.15) is 0 Å². The number of thiazole rings is 1. The van der Waals surface area contributed by atoms with Gasteiger partial charge in [0.2, 0.25) is 5.01 Å². The molecule has 0 saturated heterocycles. The van der Waals surface area contributed by atoms with Crippen molar-refractivity contribution in [2.75, 3.05) is 11.9 Å². The van der Waals surface area contributed by atoms with Gasteiger partial charge in [0.05, 0.1) is 24.7 Å². The van der Waals surface area contributed by atoms with Crippen LogP contribution in [0, 0.1) is 0 Å². The van der Waals surface area contributed by atoms with Crippen molar-refractivity contribution >= 4 is 28.9 Å². The van der Waals surface area contributed by atoms with E-state index in [4.69, 9.17) is 4.74 Å². The van der Waals surface area contributed by atoms with E-state index in [1.807, 2.05) is 0 Å². The molecule has 0 saturated carbocycles. The highest BCUT2D eigenvalue weighted by molar-refractivity contribution is 7.11. The third-order valence-corrected chi connectivity index (χ3v) is 2.83. The highest BCUT2D eigenvalue weighted by Crippen LogP contribution is 2.13. The van der Waals surface area contributed by atoms with Gasteiger partial charge in [-0.05, 0) is 6.92 Å². The van der Waals surface area contributed by atoms with Crippen LogP contribution in [0.1, 0.15) is 27.2 Å². The van der Waals surface area contributed by atoms with Crippen LogP contribution in [0.25, 0.3) is 0 Å². The van der Waals surface area contributed by atoms with Gasteiger partial charge in [0.1, 0.15) is 12.0 Å². The monoisotopic (exact) mass is 278 g/mol. The van der Waals surface area contributed by atoms with Gasteiger partial charge in [0.25, 0.3) is 5.91 Å². The molecule has 0 aliphatic rings. The molecule has 0 unspecified atom stereocenters. The number of esters is 1. The predicted molar refractivity (Wildman–Crippen MR) is 68.1 cm³/mol. The molecule has 0 fully saturated rings. The first-order valence-corrected chi connectivity index (χ1v) is 6.27. The molecule has 0 radical (unpaired) electrons. The minimum absolute atomic E-state index is 0.149. The number of carbonyl (C=O) groups excluding carboxylic acids is 2. The second kappa shape index (κ2) is 6.01. The van der Waals surface area contributed by atoms with Crippen LogP contribution in [0.2, 0.25) is 0 Å². The summed E-state index contributed by atoms with van der Waals surface area (Å²) in [7, 11) is 0. The van der Waals surface area contributed by atoms with Crippen LogP contribution < -0.4 is 5.32 Å². The quantitative estimate of drug-likeness (QED) is 0.849. The summed E-state index contributed by atoms with van der Waals surface area (Å²) in [5.41, 5.74) is 0.607. The molecule has 0 spiro atoms. The minimum Gasteiger partial charge on any atom is -0.461 e. The number of rotatable bonds is 4. The summed E-state index contributed by atoms with van der Waals surface area (Å²) in [6, 6.07) is 0. The molecule has 0 aliphatic carbocycles. The number of hydrogen-bond donors (Lipinski definition) is 1. The topological polar surface area (TPSA) is 94.1 Å². The number of ether oxygens (including phenoxy) is 1. The predicted octanol–water partition coefficient (Wildman–Crippen LogP) is 1.36. The summed E-state index contributed by atoms with van der Waals surface area (Å²) in [6.45, 7) is 1.97. The van der Waals surface area contributed by atoms with Gasteiger partial charge in [0, 0.05) is 5.38 Å². The molecule has 19 heavy (non-hydrogen) atoms. The molecule has 7 nitrogen and oxygen atoms in total. The van der Waals surface area contributed by atoms with Gasteiger partial charge in [-0.3, -0.25) is 4.79 Å². The number of carbonyl (C=O) groups is 2. The zero-order valence-corrected chi connectivity index (χ0v) is 10.8. The Balaban J connectivity index is 2.06. The van der Waals surface area contributed by atoms with Crippen molar-refractivity contribution in [2.24, 2.45) is 0 Å². The molecular weight excluding hydrogens is 268 g/mol. The molecule has 0 bridgehead atoms. The second-order valence-electron chi connectivity index (χ2n) is 3.34. The Labute approximate surface area is 112 Å². The Bertz CT molecular complexity index is 585. The summed E-state index contributed by atoms with van der Waals surface area (Å²) in [5, 5.41) is 4.21. The van der Waals surface area contributed by atoms with Crippen LogP contribution >= 0.6 is 11.3 Å². The van der Waals surface area contributed by atoms with Crippen LogP contribution in [-0.4, -0.2) is 33.4 Å². The second-order valence-corrected chi connectivity index (χ2v) is 4.20. The zero-order valence-electron chi connectivity index (χ0n) is 9.99. The lowest BCUT2D eigenvalue weighted by molar-refractivity contribution is 0.0526. The van der Waals surface area contributed by atoms with Crippen molar-refractivity contribution in [3.8, 4) is 0 Å². The Kier molecular flexibility index (Phi) is 4.14. The van der Waals surface area contributed by atoms with E-state index in [-0.39, 0.29) is 17.3 Å². The normalized spacial score (nSPS) is 9.95. The first-order chi connectivity index (χ1) is 9.20. The number of hydrogen-bond acceptors (Lipinski definition) is 7. The molecule has 2 aromatic rings. The maximum atomic E-state index is 11.8. The Morgan fingerprint density at radius 1 is 1.37 bits per heavy atom. The molecule has 98 valence electrons. The van der Waals surface area contributed by atoms with E-state index < -0.39 is 11.9 Å². The molecule has 2 heterocycles. The fourth-order valence-corrected chi connectivity index (χ4v) is 1.91. The van der Waals surface area contributed by atoms with Gasteiger partial charge < -0.3 is 10.1 Å². The molecule has 2 aromatic heterocycles. The van der Waals surface area contributed by atoms with Crippen LogP contribution in [-0.2, 0) is 4.74 Å². The number of nitrogens with zero attached hydrogens (tertiary/aromatic N) is 3. The lowest BCUT2D eigenvalue weighted by Crippen LogP contribution is -2.13. The van der Waals surface area contributed by atoms with Crippen molar-refractivity contribution in [3.63, 3.8) is 0 Å². The molecular formula is C11H10N4O3S. The highest BCUT2D eigenvalue weighted by Gasteiger charge is 2.16. The van der Waals surface area contributed by atoms with E-state index in [1.165, 1.54) is 24.1 Å². The molecule has 1 amide bonds. The lowest BCUT2D eigenvalue weighted by Gasteiger charge is -2.00. The van der Waals surface area contributed by atoms with Crippen LogP contribution in [0.3, 0.4) is 0 Å². The van der Waals surface area contributed by atoms with Crippen molar-refractivity contribution in [3.05, 3.63) is 34.8 Å². The third-order valence-electron chi connectivity index (χ3n) is 2.01. The largest absolute Gasteiger partial charge is 0.461 e.